The molecule has 0 spiro atoms. The Balaban J connectivity index is 3.06. The first kappa shape index (κ1) is 13.0. The van der Waals surface area contributed by atoms with Crippen LogP contribution in [-0.2, 0) is 7.05 Å². The molecule has 1 heterocycles. The fourth-order valence-corrected chi connectivity index (χ4v) is 2.14. The second-order valence-electron chi connectivity index (χ2n) is 3.94. The highest BCUT2D eigenvalue weighted by molar-refractivity contribution is 5.28. The fourth-order valence-electron chi connectivity index (χ4n) is 2.14. The molecular weight excluding hydrogens is 204 g/mol. The van der Waals surface area contributed by atoms with Crippen LogP contribution in [0.3, 0.4) is 0 Å². The average Bonchev–Trinajstić information content (AvgIpc) is 2.67. The first-order valence-corrected chi connectivity index (χ1v) is 5.71. The van der Waals surface area contributed by atoms with E-state index in [9.17, 15) is 0 Å². The Morgan fingerprint density at radius 1 is 1.50 bits per heavy atom. The van der Waals surface area contributed by atoms with Crippen molar-refractivity contribution in [2.45, 2.75) is 32.7 Å². The zero-order valence-electron chi connectivity index (χ0n) is 10.5. The van der Waals surface area contributed by atoms with E-state index in [2.05, 4.69) is 24.4 Å². The molecule has 0 radical (unpaired) electrons. The first-order chi connectivity index (χ1) is 7.69. The van der Waals surface area contributed by atoms with Gasteiger partial charge >= 0.3 is 0 Å². The molecule has 5 nitrogen and oxygen atoms in total. The zero-order chi connectivity index (χ0) is 12.1. The SMILES string of the molecule is CCC(CC)C(NN)c1c(OC)cnn1C. The van der Waals surface area contributed by atoms with E-state index in [1.165, 1.54) is 0 Å². The predicted octanol–water partition coefficient (Wildman–Crippen LogP) is 1.37. The van der Waals surface area contributed by atoms with E-state index >= 15 is 0 Å². The highest BCUT2D eigenvalue weighted by atomic mass is 16.5. The monoisotopic (exact) mass is 226 g/mol. The summed E-state index contributed by atoms with van der Waals surface area (Å²) in [6, 6.07) is 0.0810. The lowest BCUT2D eigenvalue weighted by Crippen LogP contribution is -2.34. The van der Waals surface area contributed by atoms with Crippen LogP contribution in [0.1, 0.15) is 38.4 Å². The van der Waals surface area contributed by atoms with Crippen molar-refractivity contribution in [1.29, 1.82) is 0 Å². The van der Waals surface area contributed by atoms with E-state index in [4.69, 9.17) is 10.6 Å². The van der Waals surface area contributed by atoms with Crippen molar-refractivity contribution in [3.05, 3.63) is 11.9 Å². The quantitative estimate of drug-likeness (QED) is 0.568. The van der Waals surface area contributed by atoms with Crippen molar-refractivity contribution in [3.63, 3.8) is 0 Å². The summed E-state index contributed by atoms with van der Waals surface area (Å²) in [5.41, 5.74) is 3.89. The normalized spacial score (nSPS) is 13.1. The van der Waals surface area contributed by atoms with Gasteiger partial charge in [0.1, 0.15) is 0 Å². The van der Waals surface area contributed by atoms with Crippen LogP contribution in [-0.4, -0.2) is 16.9 Å². The molecule has 92 valence electrons. The van der Waals surface area contributed by atoms with Crippen LogP contribution in [0, 0.1) is 5.92 Å². The molecule has 0 aliphatic rings. The van der Waals surface area contributed by atoms with Gasteiger partial charge in [-0.25, -0.2) is 0 Å². The van der Waals surface area contributed by atoms with Gasteiger partial charge in [0.25, 0.3) is 0 Å². The summed E-state index contributed by atoms with van der Waals surface area (Å²) in [6.07, 6.45) is 3.86. The molecule has 1 unspecified atom stereocenters. The molecule has 1 aromatic rings. The Morgan fingerprint density at radius 3 is 2.56 bits per heavy atom. The number of hydrogen-bond acceptors (Lipinski definition) is 4. The molecule has 0 saturated heterocycles. The Labute approximate surface area is 96.9 Å². The van der Waals surface area contributed by atoms with Gasteiger partial charge in [0.15, 0.2) is 5.75 Å². The van der Waals surface area contributed by atoms with Crippen molar-refractivity contribution in [3.8, 4) is 5.75 Å². The van der Waals surface area contributed by atoms with E-state index in [0.717, 1.165) is 24.3 Å². The fraction of sp³-hybridized carbons (Fsp3) is 0.727. The number of rotatable bonds is 6. The molecule has 3 N–H and O–H groups in total. The smallest absolute Gasteiger partial charge is 0.161 e. The van der Waals surface area contributed by atoms with Crippen LogP contribution in [0.2, 0.25) is 0 Å². The molecule has 0 bridgehead atoms. The third-order valence-corrected chi connectivity index (χ3v) is 3.16. The topological polar surface area (TPSA) is 65.1 Å². The lowest BCUT2D eigenvalue weighted by molar-refractivity contribution is 0.315. The molecule has 0 aliphatic heterocycles. The minimum absolute atomic E-state index is 0.0810. The Morgan fingerprint density at radius 2 is 2.12 bits per heavy atom. The summed E-state index contributed by atoms with van der Waals surface area (Å²) >= 11 is 0. The molecule has 1 atom stereocenters. The third-order valence-electron chi connectivity index (χ3n) is 3.16. The number of ether oxygens (including phenoxy) is 1. The number of hydrogen-bond donors (Lipinski definition) is 2. The lowest BCUT2D eigenvalue weighted by atomic mass is 9.92. The largest absolute Gasteiger partial charge is 0.493 e. The minimum Gasteiger partial charge on any atom is -0.493 e. The average molecular weight is 226 g/mol. The van der Waals surface area contributed by atoms with Crippen molar-refractivity contribution >= 4 is 0 Å². The van der Waals surface area contributed by atoms with Crippen LogP contribution >= 0.6 is 0 Å². The van der Waals surface area contributed by atoms with Gasteiger partial charge in [0, 0.05) is 7.05 Å². The second-order valence-corrected chi connectivity index (χ2v) is 3.94. The van der Waals surface area contributed by atoms with Gasteiger partial charge in [-0.3, -0.25) is 16.0 Å². The summed E-state index contributed by atoms with van der Waals surface area (Å²) in [5.74, 6) is 6.93. The van der Waals surface area contributed by atoms with E-state index < -0.39 is 0 Å². The molecular formula is C11H22N4O. The number of aryl methyl sites for hydroxylation is 1. The Kier molecular flexibility index (Phi) is 4.76. The molecule has 1 aromatic heterocycles. The highest BCUT2D eigenvalue weighted by Crippen LogP contribution is 2.32. The Bertz CT molecular complexity index is 320. The third kappa shape index (κ3) is 2.36. The van der Waals surface area contributed by atoms with Crippen LogP contribution in [0.15, 0.2) is 6.20 Å². The molecule has 16 heavy (non-hydrogen) atoms. The van der Waals surface area contributed by atoms with Gasteiger partial charge in [0.2, 0.25) is 0 Å². The van der Waals surface area contributed by atoms with E-state index in [0.29, 0.717) is 5.92 Å². The van der Waals surface area contributed by atoms with E-state index in [1.807, 2.05) is 11.7 Å². The summed E-state index contributed by atoms with van der Waals surface area (Å²) in [7, 11) is 3.56. The number of nitrogens with two attached hydrogens (primary N) is 1. The molecule has 1 rings (SSSR count). The van der Waals surface area contributed by atoms with Crippen LogP contribution in [0.25, 0.3) is 0 Å². The van der Waals surface area contributed by atoms with Crippen molar-refractivity contribution < 1.29 is 4.74 Å². The van der Waals surface area contributed by atoms with Gasteiger partial charge < -0.3 is 4.74 Å². The van der Waals surface area contributed by atoms with Crippen LogP contribution in [0.5, 0.6) is 5.75 Å². The van der Waals surface area contributed by atoms with Gasteiger partial charge in [-0.05, 0) is 5.92 Å². The first-order valence-electron chi connectivity index (χ1n) is 5.71. The zero-order valence-corrected chi connectivity index (χ0v) is 10.5. The van der Waals surface area contributed by atoms with Gasteiger partial charge in [-0.1, -0.05) is 26.7 Å². The summed E-state index contributed by atoms with van der Waals surface area (Å²) in [5, 5.41) is 4.20. The number of nitrogens with one attached hydrogen (secondary N) is 1. The van der Waals surface area contributed by atoms with Gasteiger partial charge in [0.05, 0.1) is 25.0 Å². The summed E-state index contributed by atoms with van der Waals surface area (Å²) in [6.45, 7) is 4.34. The predicted molar refractivity (Wildman–Crippen MR) is 63.9 cm³/mol. The number of aromatic nitrogens is 2. The molecule has 0 fully saturated rings. The molecule has 0 saturated carbocycles. The number of nitrogens with zero attached hydrogens (tertiary/aromatic N) is 2. The maximum atomic E-state index is 5.66. The Hall–Kier alpha value is -1.07. The van der Waals surface area contributed by atoms with Gasteiger partial charge in [-0.2, -0.15) is 5.10 Å². The second kappa shape index (κ2) is 5.86. The van der Waals surface area contributed by atoms with E-state index in [1.54, 1.807) is 13.3 Å². The number of methoxy groups -OCH3 is 1. The molecule has 5 heteroatoms. The number of hydrazine groups is 1. The van der Waals surface area contributed by atoms with Crippen LogP contribution < -0.4 is 16.0 Å². The van der Waals surface area contributed by atoms with Crippen molar-refractivity contribution in [2.75, 3.05) is 7.11 Å². The maximum absolute atomic E-state index is 5.66. The minimum atomic E-state index is 0.0810. The standard InChI is InChI=1S/C11H22N4O/c1-5-8(6-2)10(14-12)11-9(16-4)7-13-15(11)3/h7-8,10,14H,5-6,12H2,1-4H3. The van der Waals surface area contributed by atoms with Gasteiger partial charge in [-0.15, -0.1) is 0 Å². The summed E-state index contributed by atoms with van der Waals surface area (Å²) < 4.78 is 7.13. The van der Waals surface area contributed by atoms with Crippen molar-refractivity contribution in [1.82, 2.24) is 15.2 Å². The molecule has 0 aromatic carbocycles. The highest BCUT2D eigenvalue weighted by Gasteiger charge is 2.25. The van der Waals surface area contributed by atoms with Crippen LogP contribution in [0.4, 0.5) is 0 Å². The van der Waals surface area contributed by atoms with Crippen molar-refractivity contribution in [2.24, 2.45) is 18.8 Å². The van der Waals surface area contributed by atoms with E-state index in [-0.39, 0.29) is 6.04 Å². The molecule has 0 aliphatic carbocycles. The molecule has 0 amide bonds. The maximum Gasteiger partial charge on any atom is 0.161 e. The summed E-state index contributed by atoms with van der Waals surface area (Å²) in [4.78, 5) is 0. The lowest BCUT2D eigenvalue weighted by Gasteiger charge is -2.25.